The van der Waals surface area contributed by atoms with Gasteiger partial charge in [0.25, 0.3) is 11.7 Å². The number of hydrogen-bond donors (Lipinski definition) is 1. The second kappa shape index (κ2) is 9.39. The predicted molar refractivity (Wildman–Crippen MR) is 128 cm³/mol. The summed E-state index contributed by atoms with van der Waals surface area (Å²) in [4.78, 5) is 32.1. The molecule has 1 aliphatic heterocycles. The first-order chi connectivity index (χ1) is 16.3. The van der Waals surface area contributed by atoms with Crippen molar-refractivity contribution in [3.8, 4) is 11.5 Å². The Bertz CT molecular complexity index is 1280. The van der Waals surface area contributed by atoms with Crippen molar-refractivity contribution < 1.29 is 24.2 Å². The van der Waals surface area contributed by atoms with Gasteiger partial charge in [0.05, 0.1) is 25.8 Å². The van der Waals surface area contributed by atoms with E-state index in [1.807, 2.05) is 38.1 Å². The van der Waals surface area contributed by atoms with Gasteiger partial charge in [0.2, 0.25) is 0 Å². The fraction of sp³-hybridized carbons (Fsp3) is 0.222. The van der Waals surface area contributed by atoms with Crippen molar-refractivity contribution in [2.24, 2.45) is 0 Å². The fourth-order valence-electron chi connectivity index (χ4n) is 4.30. The Hall–Kier alpha value is -4.13. The quantitative estimate of drug-likeness (QED) is 0.336. The minimum absolute atomic E-state index is 0.0357. The molecule has 1 saturated heterocycles. The molecule has 4 rings (SSSR count). The fourth-order valence-corrected chi connectivity index (χ4v) is 4.30. The number of ether oxygens (including phenoxy) is 2. The van der Waals surface area contributed by atoms with Gasteiger partial charge in [-0.3, -0.25) is 14.6 Å². The molecular weight excluding hydrogens is 432 g/mol. The van der Waals surface area contributed by atoms with Crippen molar-refractivity contribution in [2.75, 3.05) is 14.2 Å². The summed E-state index contributed by atoms with van der Waals surface area (Å²) in [6.07, 6.45) is 3.23. The Morgan fingerprint density at radius 2 is 1.82 bits per heavy atom. The summed E-state index contributed by atoms with van der Waals surface area (Å²) in [6, 6.07) is 13.6. The van der Waals surface area contributed by atoms with Gasteiger partial charge in [-0.1, -0.05) is 18.2 Å². The second-order valence-corrected chi connectivity index (χ2v) is 8.20. The summed E-state index contributed by atoms with van der Waals surface area (Å²) in [5.41, 5.74) is 3.47. The van der Waals surface area contributed by atoms with Gasteiger partial charge in [0.15, 0.2) is 0 Å². The van der Waals surface area contributed by atoms with E-state index >= 15 is 0 Å². The molecule has 2 aromatic carbocycles. The molecule has 0 radical (unpaired) electrons. The zero-order valence-corrected chi connectivity index (χ0v) is 19.5. The molecule has 0 bridgehead atoms. The van der Waals surface area contributed by atoms with Gasteiger partial charge >= 0.3 is 0 Å². The number of likely N-dealkylation sites (tertiary alicyclic amines) is 1. The molecule has 2 heterocycles. The van der Waals surface area contributed by atoms with E-state index in [4.69, 9.17) is 9.47 Å². The first-order valence-electron chi connectivity index (χ1n) is 10.8. The summed E-state index contributed by atoms with van der Waals surface area (Å²) in [7, 11) is 3.15. The maximum absolute atomic E-state index is 13.3. The average Bonchev–Trinajstić information content (AvgIpc) is 3.10. The van der Waals surface area contributed by atoms with Gasteiger partial charge < -0.3 is 19.5 Å². The summed E-state index contributed by atoms with van der Waals surface area (Å²) in [6.45, 7) is 3.84. The Balaban J connectivity index is 1.87. The van der Waals surface area contributed by atoms with Crippen molar-refractivity contribution >= 4 is 17.4 Å². The smallest absolute Gasteiger partial charge is 0.295 e. The van der Waals surface area contributed by atoms with Crippen LogP contribution in [0, 0.1) is 13.8 Å². The largest absolute Gasteiger partial charge is 0.507 e. The van der Waals surface area contributed by atoms with Gasteiger partial charge in [0.1, 0.15) is 17.3 Å². The Morgan fingerprint density at radius 3 is 2.50 bits per heavy atom. The lowest BCUT2D eigenvalue weighted by molar-refractivity contribution is -0.140. The topological polar surface area (TPSA) is 89.0 Å². The summed E-state index contributed by atoms with van der Waals surface area (Å²) < 4.78 is 10.7. The normalized spacial score (nSPS) is 17.2. The van der Waals surface area contributed by atoms with Gasteiger partial charge in [0, 0.05) is 24.5 Å². The van der Waals surface area contributed by atoms with Gasteiger partial charge in [-0.2, -0.15) is 0 Å². The molecular formula is C27H26N2O5. The number of benzene rings is 2. The van der Waals surface area contributed by atoms with E-state index in [1.165, 1.54) is 4.90 Å². The molecule has 1 aromatic heterocycles. The molecule has 7 nitrogen and oxygen atoms in total. The number of nitrogens with zero attached hydrogens (tertiary/aromatic N) is 2. The van der Waals surface area contributed by atoms with Crippen LogP contribution in [-0.2, 0) is 16.1 Å². The number of aliphatic hydroxyl groups is 1. The number of rotatable bonds is 6. The number of hydrogen-bond acceptors (Lipinski definition) is 6. The molecule has 1 fully saturated rings. The SMILES string of the molecule is COc1cccc(CN2C(=O)C(=O)/C(=C(/O)c3cc(C)c(OC)cc3C)C2c2cccnc2)c1. The van der Waals surface area contributed by atoms with Gasteiger partial charge in [-0.15, -0.1) is 0 Å². The number of methoxy groups -OCH3 is 2. The number of aromatic nitrogens is 1. The standard InChI is InChI=1S/C27H26N2O5/c1-16-12-22(34-4)17(2)11-21(16)25(30)23-24(19-8-6-10-28-14-19)29(27(32)26(23)31)15-18-7-5-9-20(13-18)33-3/h5-14,24,30H,15H2,1-4H3/b25-23+. The third-order valence-electron chi connectivity index (χ3n) is 6.02. The molecule has 1 amide bonds. The predicted octanol–water partition coefficient (Wildman–Crippen LogP) is 4.34. The van der Waals surface area contributed by atoms with Crippen molar-refractivity contribution in [3.05, 3.63) is 94.3 Å². The van der Waals surface area contributed by atoms with Crippen LogP contribution in [0.3, 0.4) is 0 Å². The van der Waals surface area contributed by atoms with Crippen molar-refractivity contribution in [1.29, 1.82) is 0 Å². The highest BCUT2D eigenvalue weighted by molar-refractivity contribution is 6.46. The number of ketones is 1. The monoisotopic (exact) mass is 458 g/mol. The van der Waals surface area contributed by atoms with Crippen LogP contribution in [0.4, 0.5) is 0 Å². The summed E-state index contributed by atoms with van der Waals surface area (Å²) in [5.74, 6) is -0.306. The number of Topliss-reactive ketones (excluding diaryl/α,β-unsaturated/α-hetero) is 1. The molecule has 34 heavy (non-hydrogen) atoms. The van der Waals surface area contributed by atoms with E-state index in [-0.39, 0.29) is 17.9 Å². The number of carbonyl (C=O) groups excluding carboxylic acids is 2. The van der Waals surface area contributed by atoms with Crippen LogP contribution in [0.2, 0.25) is 0 Å². The van der Waals surface area contributed by atoms with E-state index in [0.717, 1.165) is 16.7 Å². The van der Waals surface area contributed by atoms with E-state index in [2.05, 4.69) is 4.98 Å². The maximum Gasteiger partial charge on any atom is 0.295 e. The molecule has 0 saturated carbocycles. The van der Waals surface area contributed by atoms with Crippen molar-refractivity contribution in [3.63, 3.8) is 0 Å². The third kappa shape index (κ3) is 4.12. The van der Waals surface area contributed by atoms with Gasteiger partial charge in [-0.05, 0) is 66.4 Å². The molecule has 3 aromatic rings. The van der Waals surface area contributed by atoms with Crippen LogP contribution in [-0.4, -0.2) is 40.9 Å². The molecule has 7 heteroatoms. The Morgan fingerprint density at radius 1 is 1.03 bits per heavy atom. The zero-order chi connectivity index (χ0) is 24.4. The number of amides is 1. The van der Waals surface area contributed by atoms with E-state index < -0.39 is 17.7 Å². The average molecular weight is 459 g/mol. The molecule has 1 atom stereocenters. The van der Waals surface area contributed by atoms with Crippen LogP contribution in [0.25, 0.3) is 5.76 Å². The lowest BCUT2D eigenvalue weighted by Crippen LogP contribution is -2.29. The van der Waals surface area contributed by atoms with E-state index in [9.17, 15) is 14.7 Å². The van der Waals surface area contributed by atoms with E-state index in [0.29, 0.717) is 22.6 Å². The van der Waals surface area contributed by atoms with Crippen LogP contribution >= 0.6 is 0 Å². The molecule has 0 spiro atoms. The minimum Gasteiger partial charge on any atom is -0.507 e. The summed E-state index contributed by atoms with van der Waals surface area (Å²) in [5, 5.41) is 11.4. The van der Waals surface area contributed by atoms with Gasteiger partial charge in [-0.25, -0.2) is 0 Å². The van der Waals surface area contributed by atoms with Crippen LogP contribution in [0.1, 0.15) is 33.9 Å². The molecule has 1 unspecified atom stereocenters. The van der Waals surface area contributed by atoms with Crippen LogP contribution in [0.5, 0.6) is 11.5 Å². The lowest BCUT2D eigenvalue weighted by Gasteiger charge is -2.25. The highest BCUT2D eigenvalue weighted by Gasteiger charge is 2.46. The van der Waals surface area contributed by atoms with Crippen molar-refractivity contribution in [2.45, 2.75) is 26.4 Å². The van der Waals surface area contributed by atoms with E-state index in [1.54, 1.807) is 50.9 Å². The number of aryl methyl sites for hydroxylation is 2. The first kappa shape index (κ1) is 23.0. The van der Waals surface area contributed by atoms with Crippen molar-refractivity contribution in [1.82, 2.24) is 9.88 Å². The second-order valence-electron chi connectivity index (χ2n) is 8.20. The molecule has 1 N–H and O–H groups in total. The zero-order valence-electron chi connectivity index (χ0n) is 19.5. The Kier molecular flexibility index (Phi) is 6.36. The van der Waals surface area contributed by atoms with Crippen LogP contribution in [0.15, 0.2) is 66.5 Å². The molecule has 1 aliphatic rings. The lowest BCUT2D eigenvalue weighted by atomic mass is 9.93. The minimum atomic E-state index is -0.790. The molecule has 0 aliphatic carbocycles. The number of pyridine rings is 1. The first-order valence-corrected chi connectivity index (χ1v) is 10.8. The highest BCUT2D eigenvalue weighted by atomic mass is 16.5. The highest BCUT2D eigenvalue weighted by Crippen LogP contribution is 2.41. The number of aliphatic hydroxyl groups excluding tert-OH is 1. The Labute approximate surface area is 198 Å². The van der Waals surface area contributed by atoms with Crippen LogP contribution < -0.4 is 9.47 Å². The number of carbonyl (C=O) groups is 2. The molecule has 174 valence electrons. The maximum atomic E-state index is 13.3. The summed E-state index contributed by atoms with van der Waals surface area (Å²) >= 11 is 0. The third-order valence-corrected chi connectivity index (χ3v) is 6.02.